The van der Waals surface area contributed by atoms with Crippen LogP contribution in [0.2, 0.25) is 0 Å². The van der Waals surface area contributed by atoms with Gasteiger partial charge in [0.2, 0.25) is 5.75 Å². The number of methoxy groups -OCH3 is 2. The first kappa shape index (κ1) is 15.0. The van der Waals surface area contributed by atoms with Crippen LogP contribution in [0.25, 0.3) is 0 Å². The summed E-state index contributed by atoms with van der Waals surface area (Å²) in [5.41, 5.74) is 2.33. The fraction of sp³-hybridized carbons (Fsp3) is 0.294. The molecule has 0 bridgehead atoms. The van der Waals surface area contributed by atoms with Gasteiger partial charge in [-0.3, -0.25) is 0 Å². The third-order valence-electron chi connectivity index (χ3n) is 3.19. The molecular weight excluding hydrogens is 266 g/mol. The van der Waals surface area contributed by atoms with Crippen molar-refractivity contribution in [1.82, 2.24) is 0 Å². The molecule has 0 radical (unpaired) electrons. The molecule has 0 saturated heterocycles. The minimum Gasteiger partial charge on any atom is -0.493 e. The number of hydrogen-bond donors (Lipinski definition) is 1. The molecule has 0 aliphatic heterocycles. The first-order valence-electron chi connectivity index (χ1n) is 6.89. The van der Waals surface area contributed by atoms with Crippen molar-refractivity contribution in [3.63, 3.8) is 0 Å². The topological polar surface area (TPSA) is 39.7 Å². The molecular formula is C17H21NO3. The van der Waals surface area contributed by atoms with Crippen molar-refractivity contribution >= 4 is 5.69 Å². The molecule has 4 nitrogen and oxygen atoms in total. The van der Waals surface area contributed by atoms with Gasteiger partial charge in [-0.15, -0.1) is 0 Å². The summed E-state index contributed by atoms with van der Waals surface area (Å²) >= 11 is 0. The van der Waals surface area contributed by atoms with E-state index in [-0.39, 0.29) is 0 Å². The van der Waals surface area contributed by atoms with Crippen molar-refractivity contribution in [2.75, 3.05) is 32.7 Å². The van der Waals surface area contributed by atoms with Crippen molar-refractivity contribution in [1.29, 1.82) is 0 Å². The van der Waals surface area contributed by atoms with E-state index >= 15 is 0 Å². The monoisotopic (exact) mass is 287 g/mol. The molecule has 0 aliphatic carbocycles. The molecule has 4 heteroatoms. The highest BCUT2D eigenvalue weighted by Crippen LogP contribution is 2.36. The molecule has 0 aromatic heterocycles. The summed E-state index contributed by atoms with van der Waals surface area (Å²) < 4.78 is 16.4. The first-order valence-corrected chi connectivity index (χ1v) is 6.89. The number of para-hydroxylation sites is 2. The van der Waals surface area contributed by atoms with E-state index in [1.165, 1.54) is 5.56 Å². The Morgan fingerprint density at radius 3 is 2.19 bits per heavy atom. The lowest BCUT2D eigenvalue weighted by Gasteiger charge is -2.15. The molecule has 2 aromatic carbocycles. The Hall–Kier alpha value is -2.36. The third-order valence-corrected chi connectivity index (χ3v) is 3.19. The Balaban J connectivity index is 1.93. The van der Waals surface area contributed by atoms with E-state index in [0.717, 1.165) is 5.69 Å². The number of anilines is 1. The van der Waals surface area contributed by atoms with Gasteiger partial charge < -0.3 is 19.5 Å². The quantitative estimate of drug-likeness (QED) is 0.791. The summed E-state index contributed by atoms with van der Waals surface area (Å²) in [4.78, 5) is 0. The lowest BCUT2D eigenvalue weighted by molar-refractivity contribution is 0.284. The lowest BCUT2D eigenvalue weighted by atomic mass is 10.2. The van der Waals surface area contributed by atoms with Crippen LogP contribution >= 0.6 is 0 Å². The zero-order valence-corrected chi connectivity index (χ0v) is 12.7. The van der Waals surface area contributed by atoms with Crippen molar-refractivity contribution in [3.8, 4) is 17.2 Å². The number of rotatable bonds is 7. The van der Waals surface area contributed by atoms with E-state index in [4.69, 9.17) is 14.2 Å². The molecule has 0 amide bonds. The van der Waals surface area contributed by atoms with E-state index in [0.29, 0.717) is 30.4 Å². The molecule has 0 aliphatic rings. The number of ether oxygens (including phenoxy) is 3. The highest BCUT2D eigenvalue weighted by Gasteiger charge is 2.10. The molecule has 0 saturated carbocycles. The molecule has 112 valence electrons. The van der Waals surface area contributed by atoms with E-state index in [1.807, 2.05) is 30.3 Å². The van der Waals surface area contributed by atoms with Gasteiger partial charge in [-0.05, 0) is 30.7 Å². The number of hydrogen-bond acceptors (Lipinski definition) is 4. The number of nitrogens with one attached hydrogen (secondary N) is 1. The third kappa shape index (κ3) is 3.81. The van der Waals surface area contributed by atoms with Gasteiger partial charge in [-0.2, -0.15) is 0 Å². The maximum Gasteiger partial charge on any atom is 0.203 e. The SMILES string of the molecule is COc1cccc(OC)c1OCCNc1ccccc1C. The van der Waals surface area contributed by atoms with E-state index < -0.39 is 0 Å². The first-order chi connectivity index (χ1) is 10.3. The Labute approximate surface area is 125 Å². The van der Waals surface area contributed by atoms with Crippen molar-refractivity contribution in [3.05, 3.63) is 48.0 Å². The van der Waals surface area contributed by atoms with E-state index in [2.05, 4.69) is 24.4 Å². The van der Waals surface area contributed by atoms with Gasteiger partial charge >= 0.3 is 0 Å². The Morgan fingerprint density at radius 2 is 1.57 bits per heavy atom. The molecule has 2 rings (SSSR count). The molecule has 0 spiro atoms. The van der Waals surface area contributed by atoms with Crippen molar-refractivity contribution in [2.24, 2.45) is 0 Å². The fourth-order valence-electron chi connectivity index (χ4n) is 2.07. The largest absolute Gasteiger partial charge is 0.493 e. The Bertz CT molecular complexity index is 562. The van der Waals surface area contributed by atoms with Crippen LogP contribution in [0.1, 0.15) is 5.56 Å². The van der Waals surface area contributed by atoms with Gasteiger partial charge in [0.25, 0.3) is 0 Å². The van der Waals surface area contributed by atoms with Crippen LogP contribution in [-0.4, -0.2) is 27.4 Å². The average molecular weight is 287 g/mol. The molecule has 21 heavy (non-hydrogen) atoms. The smallest absolute Gasteiger partial charge is 0.203 e. The lowest BCUT2D eigenvalue weighted by Crippen LogP contribution is -2.13. The minimum atomic E-state index is 0.519. The molecule has 0 atom stereocenters. The maximum atomic E-state index is 5.80. The summed E-state index contributed by atoms with van der Waals surface area (Å²) in [7, 11) is 3.24. The van der Waals surface area contributed by atoms with Gasteiger partial charge in [0.15, 0.2) is 11.5 Å². The maximum absolute atomic E-state index is 5.80. The fourth-order valence-corrected chi connectivity index (χ4v) is 2.07. The minimum absolute atomic E-state index is 0.519. The van der Waals surface area contributed by atoms with Gasteiger partial charge in [0, 0.05) is 12.2 Å². The summed E-state index contributed by atoms with van der Waals surface area (Å²) in [5, 5.41) is 3.35. The second-order valence-corrected chi connectivity index (χ2v) is 4.58. The van der Waals surface area contributed by atoms with Gasteiger partial charge in [-0.25, -0.2) is 0 Å². The molecule has 2 aromatic rings. The van der Waals surface area contributed by atoms with Crippen LogP contribution in [0.3, 0.4) is 0 Å². The summed E-state index contributed by atoms with van der Waals surface area (Å²) in [6.07, 6.45) is 0. The summed E-state index contributed by atoms with van der Waals surface area (Å²) in [6.45, 7) is 3.30. The predicted octanol–water partition coefficient (Wildman–Crippen LogP) is 3.50. The zero-order valence-electron chi connectivity index (χ0n) is 12.7. The van der Waals surface area contributed by atoms with Crippen LogP contribution in [0.4, 0.5) is 5.69 Å². The van der Waals surface area contributed by atoms with E-state index in [9.17, 15) is 0 Å². The molecule has 1 N–H and O–H groups in total. The second kappa shape index (κ2) is 7.43. The number of benzene rings is 2. The van der Waals surface area contributed by atoms with Crippen LogP contribution in [-0.2, 0) is 0 Å². The normalized spacial score (nSPS) is 10.0. The highest BCUT2D eigenvalue weighted by atomic mass is 16.5. The molecule has 0 unspecified atom stereocenters. The van der Waals surface area contributed by atoms with Gasteiger partial charge in [0.1, 0.15) is 6.61 Å². The van der Waals surface area contributed by atoms with E-state index in [1.54, 1.807) is 14.2 Å². The average Bonchev–Trinajstić information content (AvgIpc) is 2.52. The van der Waals surface area contributed by atoms with Gasteiger partial charge in [-0.1, -0.05) is 24.3 Å². The van der Waals surface area contributed by atoms with Crippen LogP contribution in [0.15, 0.2) is 42.5 Å². The Morgan fingerprint density at radius 1 is 0.905 bits per heavy atom. The summed E-state index contributed by atoms with van der Waals surface area (Å²) in [5.74, 6) is 1.98. The standard InChI is InChI=1S/C17H21NO3/c1-13-7-4-5-8-14(13)18-11-12-21-17-15(19-2)9-6-10-16(17)20-3/h4-10,18H,11-12H2,1-3H3. The van der Waals surface area contributed by atoms with Crippen LogP contribution in [0, 0.1) is 6.92 Å². The zero-order chi connectivity index (χ0) is 15.1. The van der Waals surface area contributed by atoms with Crippen LogP contribution < -0.4 is 19.5 Å². The van der Waals surface area contributed by atoms with Gasteiger partial charge in [0.05, 0.1) is 14.2 Å². The molecule has 0 heterocycles. The van der Waals surface area contributed by atoms with Crippen LogP contribution in [0.5, 0.6) is 17.2 Å². The van der Waals surface area contributed by atoms with Crippen molar-refractivity contribution < 1.29 is 14.2 Å². The number of aryl methyl sites for hydroxylation is 1. The predicted molar refractivity (Wildman–Crippen MR) is 84.7 cm³/mol. The van der Waals surface area contributed by atoms with Crippen molar-refractivity contribution in [2.45, 2.75) is 6.92 Å². The second-order valence-electron chi connectivity index (χ2n) is 4.58. The Kier molecular flexibility index (Phi) is 5.32. The summed E-state index contributed by atoms with van der Waals surface area (Å²) in [6, 6.07) is 13.7. The molecule has 0 fully saturated rings. The highest BCUT2D eigenvalue weighted by molar-refractivity contribution is 5.52.